The van der Waals surface area contributed by atoms with Crippen molar-refractivity contribution < 1.29 is 38.3 Å². The van der Waals surface area contributed by atoms with Crippen molar-refractivity contribution in [2.45, 2.75) is 24.9 Å². The standard InChI is InChI=1S/C36H29N5O9/c42-32-36(18-17-24-8-7-19-37-20-24,33(43)48-21-25-13-15-28(16-14-25)41(46)47)31(38-29(22-49-34(38)44)26-9-3-1-4-10-26)40(32)39-30(23-50-35(39)45)27-11-5-2-6-12-27/h1-20,29-31H,21-23H2/t29-,30-,31-,36-/m1/s1. The number of β-lactam (4-membered cyclic amide) rings is 1. The minimum absolute atomic E-state index is 0.0883. The van der Waals surface area contributed by atoms with Crippen molar-refractivity contribution in [1.82, 2.24) is 19.9 Å². The number of esters is 1. The van der Waals surface area contributed by atoms with Crippen LogP contribution in [0.15, 0.2) is 116 Å². The van der Waals surface area contributed by atoms with Gasteiger partial charge in [0, 0.05) is 24.5 Å². The van der Waals surface area contributed by atoms with E-state index in [0.29, 0.717) is 22.3 Å². The van der Waals surface area contributed by atoms with E-state index in [1.165, 1.54) is 47.5 Å². The molecule has 4 atom stereocenters. The van der Waals surface area contributed by atoms with Crippen molar-refractivity contribution in [2.24, 2.45) is 5.41 Å². The minimum Gasteiger partial charge on any atom is -0.460 e. The lowest BCUT2D eigenvalue weighted by molar-refractivity contribution is -0.384. The maximum atomic E-state index is 14.8. The lowest BCUT2D eigenvalue weighted by Crippen LogP contribution is -2.80. The zero-order valence-electron chi connectivity index (χ0n) is 26.3. The van der Waals surface area contributed by atoms with Gasteiger partial charge in [0.05, 0.1) is 11.0 Å². The van der Waals surface area contributed by atoms with Crippen LogP contribution in [-0.4, -0.2) is 68.3 Å². The highest BCUT2D eigenvalue weighted by Crippen LogP contribution is 2.51. The number of hydrazine groups is 1. The first-order valence-corrected chi connectivity index (χ1v) is 15.6. The predicted octanol–water partition coefficient (Wildman–Crippen LogP) is 5.20. The monoisotopic (exact) mass is 675 g/mol. The van der Waals surface area contributed by atoms with Crippen LogP contribution < -0.4 is 0 Å². The van der Waals surface area contributed by atoms with E-state index in [9.17, 15) is 29.3 Å². The highest BCUT2D eigenvalue weighted by Gasteiger charge is 2.73. The molecular weight excluding hydrogens is 646 g/mol. The average molecular weight is 676 g/mol. The van der Waals surface area contributed by atoms with Crippen molar-refractivity contribution in [1.29, 1.82) is 0 Å². The highest BCUT2D eigenvalue weighted by molar-refractivity contribution is 6.12. The molecule has 0 radical (unpaired) electrons. The Kier molecular flexibility index (Phi) is 8.41. The van der Waals surface area contributed by atoms with Gasteiger partial charge in [-0.1, -0.05) is 78.9 Å². The molecule has 0 N–H and O–H groups in total. The first-order chi connectivity index (χ1) is 24.3. The van der Waals surface area contributed by atoms with E-state index in [4.69, 9.17) is 14.2 Å². The molecule has 3 aliphatic rings. The van der Waals surface area contributed by atoms with Gasteiger partial charge in [-0.3, -0.25) is 29.6 Å². The molecular formula is C36H29N5O9. The Balaban J connectivity index is 1.34. The van der Waals surface area contributed by atoms with E-state index >= 15 is 0 Å². The summed E-state index contributed by atoms with van der Waals surface area (Å²) in [5.41, 5.74) is -0.0251. The third kappa shape index (κ3) is 5.55. The van der Waals surface area contributed by atoms with Crippen molar-refractivity contribution in [3.8, 4) is 0 Å². The number of rotatable bonds is 10. The zero-order chi connectivity index (χ0) is 34.8. The second kappa shape index (κ2) is 13.1. The van der Waals surface area contributed by atoms with Crippen molar-refractivity contribution >= 4 is 35.8 Å². The van der Waals surface area contributed by atoms with Crippen LogP contribution >= 0.6 is 0 Å². The number of amides is 3. The molecule has 3 aromatic carbocycles. The quantitative estimate of drug-likeness (QED) is 0.0545. The van der Waals surface area contributed by atoms with Gasteiger partial charge in [-0.25, -0.2) is 19.6 Å². The molecule has 14 heteroatoms. The topological polar surface area (TPSA) is 162 Å². The fourth-order valence-electron chi connectivity index (χ4n) is 6.39. The average Bonchev–Trinajstić information content (AvgIpc) is 3.72. The molecule has 0 bridgehead atoms. The van der Waals surface area contributed by atoms with E-state index < -0.39 is 52.7 Å². The summed E-state index contributed by atoms with van der Waals surface area (Å²) in [6, 6.07) is 25.2. The summed E-state index contributed by atoms with van der Waals surface area (Å²) in [5.74, 6) is -1.86. The maximum absolute atomic E-state index is 14.8. The van der Waals surface area contributed by atoms with Gasteiger partial charge in [-0.2, -0.15) is 0 Å². The summed E-state index contributed by atoms with van der Waals surface area (Å²) in [4.78, 5) is 72.4. The van der Waals surface area contributed by atoms with E-state index in [1.54, 1.807) is 66.9 Å². The molecule has 0 saturated carbocycles. The van der Waals surface area contributed by atoms with Gasteiger partial charge < -0.3 is 14.2 Å². The van der Waals surface area contributed by atoms with Crippen molar-refractivity contribution in [3.63, 3.8) is 0 Å². The van der Waals surface area contributed by atoms with Gasteiger partial charge in [0.1, 0.15) is 25.9 Å². The molecule has 252 valence electrons. The number of cyclic esters (lactones) is 2. The molecule has 7 rings (SSSR count). The second-order valence-corrected chi connectivity index (χ2v) is 11.8. The van der Waals surface area contributed by atoms with Gasteiger partial charge in [0.15, 0.2) is 6.17 Å². The van der Waals surface area contributed by atoms with E-state index in [-0.39, 0.29) is 25.5 Å². The highest BCUT2D eigenvalue weighted by atomic mass is 16.6. The van der Waals surface area contributed by atoms with Crippen LogP contribution in [0.3, 0.4) is 0 Å². The number of hydrogen-bond donors (Lipinski definition) is 0. The van der Waals surface area contributed by atoms with Gasteiger partial charge in [-0.15, -0.1) is 0 Å². The lowest BCUT2D eigenvalue weighted by Gasteiger charge is -2.58. The molecule has 0 spiro atoms. The largest absolute Gasteiger partial charge is 0.460 e. The summed E-state index contributed by atoms with van der Waals surface area (Å²) in [6.45, 7) is -0.520. The summed E-state index contributed by atoms with van der Waals surface area (Å²) in [5, 5.41) is 13.4. The Labute approximate surface area is 285 Å². The molecule has 0 unspecified atom stereocenters. The van der Waals surface area contributed by atoms with Gasteiger partial charge in [0.2, 0.25) is 5.41 Å². The Hall–Kier alpha value is -6.57. The predicted molar refractivity (Wildman–Crippen MR) is 174 cm³/mol. The molecule has 4 aromatic rings. The van der Waals surface area contributed by atoms with Gasteiger partial charge in [-0.05, 0) is 40.5 Å². The number of hydrogen-bond acceptors (Lipinski definition) is 10. The molecule has 3 aliphatic heterocycles. The van der Waals surface area contributed by atoms with Crippen LogP contribution in [0.2, 0.25) is 0 Å². The fourth-order valence-corrected chi connectivity index (χ4v) is 6.39. The summed E-state index contributed by atoms with van der Waals surface area (Å²) < 4.78 is 16.8. The number of aromatic nitrogens is 1. The number of carbonyl (C=O) groups excluding carboxylic acids is 4. The Morgan fingerprint density at radius 2 is 1.50 bits per heavy atom. The Bertz CT molecular complexity index is 1960. The van der Waals surface area contributed by atoms with Crippen LogP contribution in [0, 0.1) is 15.5 Å². The number of benzene rings is 3. The van der Waals surface area contributed by atoms with E-state index in [0.717, 1.165) is 10.0 Å². The number of nitro groups is 1. The van der Waals surface area contributed by atoms with Crippen LogP contribution in [0.25, 0.3) is 6.08 Å². The van der Waals surface area contributed by atoms with Gasteiger partial charge in [0.25, 0.3) is 11.6 Å². The molecule has 3 fully saturated rings. The molecule has 4 heterocycles. The number of pyridine rings is 1. The van der Waals surface area contributed by atoms with Crippen LogP contribution in [0.4, 0.5) is 15.3 Å². The van der Waals surface area contributed by atoms with Crippen molar-refractivity contribution in [3.05, 3.63) is 148 Å². The molecule has 3 amide bonds. The Morgan fingerprint density at radius 1 is 0.860 bits per heavy atom. The first-order valence-electron chi connectivity index (χ1n) is 15.6. The summed E-state index contributed by atoms with van der Waals surface area (Å²) in [7, 11) is 0. The molecule has 1 aromatic heterocycles. The number of non-ortho nitro benzene ring substituents is 1. The van der Waals surface area contributed by atoms with Crippen LogP contribution in [0.5, 0.6) is 0 Å². The summed E-state index contributed by atoms with van der Waals surface area (Å²) >= 11 is 0. The third-order valence-corrected chi connectivity index (χ3v) is 8.90. The molecule has 3 saturated heterocycles. The smallest absolute Gasteiger partial charge is 0.429 e. The first kappa shape index (κ1) is 32.0. The maximum Gasteiger partial charge on any atom is 0.429 e. The SMILES string of the molecule is O=C1OC[C@H](c2ccccc2)N1[C@@H]1N(N2C(=O)OC[C@@H]2c2ccccc2)C(=O)[C@]1(C=Cc1cccnc1)C(=O)OCc1ccc([N+](=O)[O-])cc1. The normalized spacial score (nSPS) is 23.1. The van der Waals surface area contributed by atoms with Gasteiger partial charge >= 0.3 is 18.2 Å². The minimum atomic E-state index is -2.18. The van der Waals surface area contributed by atoms with Crippen LogP contribution in [-0.2, 0) is 30.4 Å². The lowest BCUT2D eigenvalue weighted by atomic mass is 9.73. The molecule has 50 heavy (non-hydrogen) atoms. The molecule has 14 nitrogen and oxygen atoms in total. The number of nitro benzene ring substituents is 1. The number of ether oxygens (including phenoxy) is 3. The second-order valence-electron chi connectivity index (χ2n) is 11.8. The van der Waals surface area contributed by atoms with Crippen molar-refractivity contribution in [2.75, 3.05) is 13.2 Å². The number of carbonyl (C=O) groups is 4. The van der Waals surface area contributed by atoms with E-state index in [2.05, 4.69) is 4.98 Å². The number of nitrogens with zero attached hydrogens (tertiary/aromatic N) is 5. The van der Waals surface area contributed by atoms with E-state index in [1.807, 2.05) is 12.1 Å². The fraction of sp³-hybridized carbons (Fsp3) is 0.194. The Morgan fingerprint density at radius 3 is 2.14 bits per heavy atom. The third-order valence-electron chi connectivity index (χ3n) is 8.90. The zero-order valence-corrected chi connectivity index (χ0v) is 26.3. The van der Waals surface area contributed by atoms with Crippen LogP contribution in [0.1, 0.15) is 34.3 Å². The molecule has 0 aliphatic carbocycles. The summed E-state index contributed by atoms with van der Waals surface area (Å²) in [6.07, 6.45) is 2.87.